The van der Waals surface area contributed by atoms with Crippen LogP contribution in [0.5, 0.6) is 0 Å². The van der Waals surface area contributed by atoms with Crippen LogP contribution in [0, 0.1) is 6.92 Å². The number of thioether (sulfide) groups is 1. The summed E-state index contributed by atoms with van der Waals surface area (Å²) in [6, 6.07) is 10.5. The molecule has 1 aromatic heterocycles. The molecule has 0 atom stereocenters. The van der Waals surface area contributed by atoms with Crippen LogP contribution in [0.1, 0.15) is 12.0 Å². The van der Waals surface area contributed by atoms with Gasteiger partial charge in [-0.15, -0.1) is 11.8 Å². The zero-order valence-electron chi connectivity index (χ0n) is 9.97. The maximum atomic E-state index is 5.55. The van der Waals surface area contributed by atoms with Crippen molar-refractivity contribution in [3.8, 4) is 0 Å². The van der Waals surface area contributed by atoms with E-state index in [2.05, 4.69) is 36.3 Å². The molecule has 2 N–H and O–H groups in total. The number of benzene rings is 1. The minimum atomic E-state index is 0.594. The zero-order valence-corrected chi connectivity index (χ0v) is 10.8. The lowest BCUT2D eigenvalue weighted by Gasteiger charge is -2.03. The van der Waals surface area contributed by atoms with Crippen LogP contribution in [-0.4, -0.2) is 15.5 Å². The lowest BCUT2D eigenvalue weighted by atomic mass is 10.2. The van der Waals surface area contributed by atoms with Crippen molar-refractivity contribution in [3.63, 3.8) is 0 Å². The van der Waals surface area contributed by atoms with E-state index in [1.54, 1.807) is 0 Å². The molecule has 17 heavy (non-hydrogen) atoms. The van der Waals surface area contributed by atoms with Crippen LogP contribution >= 0.6 is 11.8 Å². The van der Waals surface area contributed by atoms with Crippen molar-refractivity contribution < 1.29 is 0 Å². The lowest BCUT2D eigenvalue weighted by Crippen LogP contribution is -2.00. The molecule has 4 heteroatoms. The lowest BCUT2D eigenvalue weighted by molar-refractivity contribution is 0.608. The fourth-order valence-electron chi connectivity index (χ4n) is 1.55. The van der Waals surface area contributed by atoms with Gasteiger partial charge in [0.05, 0.1) is 0 Å². The molecule has 1 heterocycles. The van der Waals surface area contributed by atoms with E-state index >= 15 is 0 Å². The van der Waals surface area contributed by atoms with Gasteiger partial charge in [-0.2, -0.15) is 5.10 Å². The highest BCUT2D eigenvalue weighted by atomic mass is 32.2. The molecule has 0 saturated carbocycles. The Labute approximate surface area is 106 Å². The van der Waals surface area contributed by atoms with Gasteiger partial charge in [0.25, 0.3) is 0 Å². The van der Waals surface area contributed by atoms with E-state index in [1.165, 1.54) is 10.5 Å². The maximum Gasteiger partial charge on any atom is 0.145 e. The van der Waals surface area contributed by atoms with Crippen LogP contribution in [-0.2, 0) is 6.54 Å². The molecule has 0 radical (unpaired) electrons. The van der Waals surface area contributed by atoms with E-state index < -0.39 is 0 Å². The van der Waals surface area contributed by atoms with Crippen LogP contribution in [0.2, 0.25) is 0 Å². The summed E-state index contributed by atoms with van der Waals surface area (Å²) in [5, 5.41) is 4.15. The first-order chi connectivity index (χ1) is 8.24. The molecular formula is C13H17N3S. The Hall–Kier alpha value is -1.42. The summed E-state index contributed by atoms with van der Waals surface area (Å²) in [7, 11) is 0. The highest BCUT2D eigenvalue weighted by Gasteiger charge is 1.96. The molecular weight excluding hydrogens is 230 g/mol. The Morgan fingerprint density at radius 2 is 2.00 bits per heavy atom. The maximum absolute atomic E-state index is 5.55. The fraction of sp³-hybridized carbons (Fsp3) is 0.308. The van der Waals surface area contributed by atoms with Crippen LogP contribution in [0.15, 0.2) is 41.4 Å². The smallest absolute Gasteiger partial charge is 0.145 e. The normalized spacial score (nSPS) is 10.6. The number of aryl methyl sites for hydroxylation is 2. The van der Waals surface area contributed by atoms with Gasteiger partial charge in [-0.3, -0.25) is 4.68 Å². The third-order valence-corrected chi connectivity index (χ3v) is 3.58. The molecule has 0 saturated heterocycles. The minimum absolute atomic E-state index is 0.594. The Bertz CT molecular complexity index is 462. The Morgan fingerprint density at radius 3 is 2.65 bits per heavy atom. The third-order valence-electron chi connectivity index (χ3n) is 2.48. The summed E-state index contributed by atoms with van der Waals surface area (Å²) in [6.07, 6.45) is 3.02. The zero-order chi connectivity index (χ0) is 12.1. The summed E-state index contributed by atoms with van der Waals surface area (Å²) < 4.78 is 1.89. The average Bonchev–Trinajstić information content (AvgIpc) is 2.73. The van der Waals surface area contributed by atoms with Gasteiger partial charge < -0.3 is 5.73 Å². The molecule has 90 valence electrons. The number of nitrogens with two attached hydrogens (primary N) is 1. The molecule has 2 rings (SSSR count). The second-order valence-corrected chi connectivity index (χ2v) is 5.19. The first kappa shape index (κ1) is 12.0. The molecule has 3 nitrogen and oxygen atoms in total. The van der Waals surface area contributed by atoms with E-state index in [4.69, 9.17) is 5.73 Å². The Balaban J connectivity index is 1.71. The molecule has 0 bridgehead atoms. The van der Waals surface area contributed by atoms with Gasteiger partial charge in [-0.05, 0) is 37.3 Å². The van der Waals surface area contributed by atoms with Crippen LogP contribution in [0.3, 0.4) is 0 Å². The predicted molar refractivity (Wildman–Crippen MR) is 73.2 cm³/mol. The van der Waals surface area contributed by atoms with Gasteiger partial charge in [-0.25, -0.2) is 0 Å². The molecule has 0 spiro atoms. The number of nitrogen functional groups attached to an aromatic ring is 1. The van der Waals surface area contributed by atoms with Crippen LogP contribution < -0.4 is 5.73 Å². The quantitative estimate of drug-likeness (QED) is 0.652. The van der Waals surface area contributed by atoms with Gasteiger partial charge in [0.1, 0.15) is 5.82 Å². The fourth-order valence-corrected chi connectivity index (χ4v) is 2.39. The van der Waals surface area contributed by atoms with Crippen LogP contribution in [0.25, 0.3) is 0 Å². The van der Waals surface area contributed by atoms with Crippen molar-refractivity contribution >= 4 is 17.6 Å². The second-order valence-electron chi connectivity index (χ2n) is 4.02. The van der Waals surface area contributed by atoms with E-state index in [0.717, 1.165) is 18.7 Å². The van der Waals surface area contributed by atoms with Gasteiger partial charge in [0.15, 0.2) is 0 Å². The molecule has 0 aliphatic heterocycles. The summed E-state index contributed by atoms with van der Waals surface area (Å²) in [4.78, 5) is 1.33. The number of rotatable bonds is 5. The van der Waals surface area contributed by atoms with Gasteiger partial charge in [-0.1, -0.05) is 17.7 Å². The minimum Gasteiger partial charge on any atom is -0.382 e. The first-order valence-electron chi connectivity index (χ1n) is 5.72. The van der Waals surface area contributed by atoms with Crippen LogP contribution in [0.4, 0.5) is 5.82 Å². The van der Waals surface area contributed by atoms with E-state index in [9.17, 15) is 0 Å². The third kappa shape index (κ3) is 3.82. The number of hydrogen-bond acceptors (Lipinski definition) is 3. The van der Waals surface area contributed by atoms with E-state index in [-0.39, 0.29) is 0 Å². The molecule has 0 aliphatic rings. The van der Waals surface area contributed by atoms with Crippen molar-refractivity contribution in [2.45, 2.75) is 24.8 Å². The molecule has 0 amide bonds. The molecule has 0 unspecified atom stereocenters. The SMILES string of the molecule is Cc1ccc(SCCCn2ccc(N)n2)cc1. The predicted octanol–water partition coefficient (Wildman–Crippen LogP) is 2.96. The Kier molecular flexibility index (Phi) is 4.09. The van der Waals surface area contributed by atoms with E-state index in [1.807, 2.05) is 28.7 Å². The number of aromatic nitrogens is 2. The van der Waals surface area contributed by atoms with Crippen molar-refractivity contribution in [2.75, 3.05) is 11.5 Å². The highest BCUT2D eigenvalue weighted by molar-refractivity contribution is 7.99. The molecule has 1 aromatic carbocycles. The monoisotopic (exact) mass is 247 g/mol. The second kappa shape index (κ2) is 5.77. The summed E-state index contributed by atoms with van der Waals surface area (Å²) >= 11 is 1.88. The van der Waals surface area contributed by atoms with Gasteiger partial charge in [0, 0.05) is 17.6 Å². The highest BCUT2D eigenvalue weighted by Crippen LogP contribution is 2.19. The van der Waals surface area contributed by atoms with E-state index in [0.29, 0.717) is 5.82 Å². The molecule has 2 aromatic rings. The topological polar surface area (TPSA) is 43.8 Å². The van der Waals surface area contributed by atoms with Crippen molar-refractivity contribution in [3.05, 3.63) is 42.1 Å². The first-order valence-corrected chi connectivity index (χ1v) is 6.71. The molecule has 0 fully saturated rings. The summed E-state index contributed by atoms with van der Waals surface area (Å²) in [5.74, 6) is 1.69. The van der Waals surface area contributed by atoms with Crippen molar-refractivity contribution in [2.24, 2.45) is 0 Å². The standard InChI is InChI=1S/C13H17N3S/c1-11-3-5-12(6-4-11)17-10-2-8-16-9-7-13(14)15-16/h3-7,9H,2,8,10H2,1H3,(H2,14,15). The number of nitrogens with zero attached hydrogens (tertiary/aromatic N) is 2. The summed E-state index contributed by atoms with van der Waals surface area (Å²) in [6.45, 7) is 3.03. The van der Waals surface area contributed by atoms with Gasteiger partial charge >= 0.3 is 0 Å². The largest absolute Gasteiger partial charge is 0.382 e. The van der Waals surface area contributed by atoms with Crippen molar-refractivity contribution in [1.82, 2.24) is 9.78 Å². The average molecular weight is 247 g/mol. The number of anilines is 1. The van der Waals surface area contributed by atoms with Gasteiger partial charge in [0.2, 0.25) is 0 Å². The van der Waals surface area contributed by atoms with Crippen molar-refractivity contribution in [1.29, 1.82) is 0 Å². The Morgan fingerprint density at radius 1 is 1.24 bits per heavy atom. The summed E-state index contributed by atoms with van der Waals surface area (Å²) in [5.41, 5.74) is 6.86. The number of hydrogen-bond donors (Lipinski definition) is 1. The molecule has 0 aliphatic carbocycles.